The van der Waals surface area contributed by atoms with Crippen molar-refractivity contribution in [3.8, 4) is 6.07 Å². The van der Waals surface area contributed by atoms with Gasteiger partial charge >= 0.3 is 6.03 Å². The van der Waals surface area contributed by atoms with Gasteiger partial charge in [-0.15, -0.1) is 0 Å². The van der Waals surface area contributed by atoms with E-state index in [9.17, 15) is 4.79 Å². The van der Waals surface area contributed by atoms with Crippen molar-refractivity contribution < 1.29 is 4.79 Å². The Morgan fingerprint density at radius 3 is 2.76 bits per heavy atom. The lowest BCUT2D eigenvalue weighted by atomic mass is 10.0. The summed E-state index contributed by atoms with van der Waals surface area (Å²) in [6, 6.07) is 9.22. The normalized spacial score (nSPS) is 13.3. The fraction of sp³-hybridized carbons (Fsp3) is 0.385. The third-order valence-corrected chi connectivity index (χ3v) is 2.62. The molecule has 2 N–H and O–H groups in total. The summed E-state index contributed by atoms with van der Waals surface area (Å²) in [4.78, 5) is 11.7. The van der Waals surface area contributed by atoms with Crippen molar-refractivity contribution in [3.63, 3.8) is 0 Å². The topological polar surface area (TPSA) is 64.9 Å². The maximum Gasteiger partial charge on any atom is 0.320 e. The molecule has 0 bridgehead atoms. The highest BCUT2D eigenvalue weighted by Crippen LogP contribution is 2.11. The molecule has 0 aliphatic heterocycles. The standard InChI is InChI=1S/C13H17N3O/c1-4-13(3,9-14)16-12(17)15-11-7-5-6-10(2)8-11/h5-8H,4H2,1-3H3,(H2,15,16,17). The number of amides is 2. The molecule has 4 nitrogen and oxygen atoms in total. The van der Waals surface area contributed by atoms with E-state index in [2.05, 4.69) is 16.7 Å². The Morgan fingerprint density at radius 2 is 2.24 bits per heavy atom. The Morgan fingerprint density at radius 1 is 1.53 bits per heavy atom. The SMILES string of the molecule is CCC(C)(C#N)NC(=O)Nc1cccc(C)c1. The number of carbonyl (C=O) groups is 1. The number of benzene rings is 1. The number of aryl methyl sites for hydroxylation is 1. The van der Waals surface area contributed by atoms with E-state index < -0.39 is 5.54 Å². The molecule has 1 aromatic carbocycles. The molecule has 0 spiro atoms. The second-order valence-electron chi connectivity index (χ2n) is 4.25. The first-order chi connectivity index (χ1) is 7.99. The van der Waals surface area contributed by atoms with Crippen LogP contribution in [0, 0.1) is 18.3 Å². The molecule has 4 heteroatoms. The highest BCUT2D eigenvalue weighted by atomic mass is 16.2. The van der Waals surface area contributed by atoms with Crippen molar-refractivity contribution in [3.05, 3.63) is 29.8 Å². The van der Waals surface area contributed by atoms with Crippen molar-refractivity contribution in [2.75, 3.05) is 5.32 Å². The van der Waals surface area contributed by atoms with Gasteiger partial charge in [0.2, 0.25) is 0 Å². The van der Waals surface area contributed by atoms with Gasteiger partial charge in [-0.25, -0.2) is 4.79 Å². The van der Waals surface area contributed by atoms with Gasteiger partial charge in [0.15, 0.2) is 0 Å². The van der Waals surface area contributed by atoms with Crippen LogP contribution < -0.4 is 10.6 Å². The first-order valence-corrected chi connectivity index (χ1v) is 5.56. The van der Waals surface area contributed by atoms with Gasteiger partial charge in [-0.1, -0.05) is 19.1 Å². The fourth-order valence-electron chi connectivity index (χ4n) is 1.33. The van der Waals surface area contributed by atoms with Crippen LogP contribution in [0.25, 0.3) is 0 Å². The summed E-state index contributed by atoms with van der Waals surface area (Å²) in [6.07, 6.45) is 0.560. The van der Waals surface area contributed by atoms with E-state index in [0.717, 1.165) is 11.3 Å². The number of rotatable bonds is 3. The Labute approximate surface area is 102 Å². The van der Waals surface area contributed by atoms with E-state index in [-0.39, 0.29) is 6.03 Å². The zero-order valence-electron chi connectivity index (χ0n) is 10.4. The lowest BCUT2D eigenvalue weighted by molar-refractivity contribution is 0.244. The van der Waals surface area contributed by atoms with Crippen LogP contribution in [0.5, 0.6) is 0 Å². The number of hydrogen-bond donors (Lipinski definition) is 2. The Balaban J connectivity index is 2.65. The van der Waals surface area contributed by atoms with E-state index in [1.54, 1.807) is 6.92 Å². The minimum absolute atomic E-state index is 0.360. The number of carbonyl (C=O) groups excluding carboxylic acids is 1. The highest BCUT2D eigenvalue weighted by molar-refractivity contribution is 5.90. The molecule has 0 saturated heterocycles. The van der Waals surface area contributed by atoms with Gasteiger partial charge in [0, 0.05) is 5.69 Å². The molecule has 0 saturated carbocycles. The summed E-state index contributed by atoms with van der Waals surface area (Å²) in [7, 11) is 0. The molecule has 2 amide bonds. The van der Waals surface area contributed by atoms with E-state index in [4.69, 9.17) is 5.26 Å². The Hall–Kier alpha value is -2.02. The number of nitrogens with one attached hydrogen (secondary N) is 2. The molecule has 90 valence electrons. The van der Waals surface area contributed by atoms with Crippen LogP contribution in [0.2, 0.25) is 0 Å². The molecule has 0 fully saturated rings. The number of urea groups is 1. The average molecular weight is 231 g/mol. The Bertz CT molecular complexity index is 450. The summed E-state index contributed by atoms with van der Waals surface area (Å²) in [5, 5.41) is 14.3. The largest absolute Gasteiger partial charge is 0.320 e. The Kier molecular flexibility index (Phi) is 4.11. The van der Waals surface area contributed by atoms with Gasteiger partial charge in [0.25, 0.3) is 0 Å². The zero-order valence-corrected chi connectivity index (χ0v) is 10.4. The lowest BCUT2D eigenvalue weighted by Crippen LogP contribution is -2.46. The van der Waals surface area contributed by atoms with Gasteiger partial charge in [0.1, 0.15) is 5.54 Å². The molecule has 1 unspecified atom stereocenters. The summed E-state index contributed by atoms with van der Waals surface area (Å²) in [5.41, 5.74) is 0.966. The molecular weight excluding hydrogens is 214 g/mol. The van der Waals surface area contributed by atoms with Crippen LogP contribution in [-0.4, -0.2) is 11.6 Å². The van der Waals surface area contributed by atoms with Gasteiger partial charge in [-0.05, 0) is 38.0 Å². The fourth-order valence-corrected chi connectivity index (χ4v) is 1.33. The van der Waals surface area contributed by atoms with Gasteiger partial charge < -0.3 is 10.6 Å². The van der Waals surface area contributed by atoms with Crippen LogP contribution in [0.3, 0.4) is 0 Å². The summed E-state index contributed by atoms with van der Waals surface area (Å²) >= 11 is 0. The van der Waals surface area contributed by atoms with Crippen LogP contribution in [0.4, 0.5) is 10.5 Å². The van der Waals surface area contributed by atoms with E-state index >= 15 is 0 Å². The second-order valence-corrected chi connectivity index (χ2v) is 4.25. The number of hydrogen-bond acceptors (Lipinski definition) is 2. The average Bonchev–Trinajstić information content (AvgIpc) is 2.28. The van der Waals surface area contributed by atoms with Crippen molar-refractivity contribution in [2.45, 2.75) is 32.7 Å². The van der Waals surface area contributed by atoms with Crippen molar-refractivity contribution in [1.82, 2.24) is 5.32 Å². The van der Waals surface area contributed by atoms with Crippen LogP contribution in [0.1, 0.15) is 25.8 Å². The first kappa shape index (κ1) is 13.0. The third-order valence-electron chi connectivity index (χ3n) is 2.62. The van der Waals surface area contributed by atoms with Crippen molar-refractivity contribution >= 4 is 11.7 Å². The molecule has 0 heterocycles. The molecule has 1 aromatic rings. The van der Waals surface area contributed by atoms with E-state index in [0.29, 0.717) is 6.42 Å². The smallest absolute Gasteiger partial charge is 0.320 e. The summed E-state index contributed by atoms with van der Waals surface area (Å²) in [5.74, 6) is 0. The molecule has 0 aliphatic rings. The summed E-state index contributed by atoms with van der Waals surface area (Å²) in [6.45, 7) is 5.51. The molecule has 1 rings (SSSR count). The van der Waals surface area contributed by atoms with Gasteiger partial charge in [0.05, 0.1) is 6.07 Å². The predicted octanol–water partition coefficient (Wildman–Crippen LogP) is 2.81. The third kappa shape index (κ3) is 3.80. The van der Waals surface area contributed by atoms with E-state index in [1.165, 1.54) is 0 Å². The first-order valence-electron chi connectivity index (χ1n) is 5.56. The van der Waals surface area contributed by atoms with Crippen LogP contribution in [-0.2, 0) is 0 Å². The summed E-state index contributed by atoms with van der Waals surface area (Å²) < 4.78 is 0. The lowest BCUT2D eigenvalue weighted by Gasteiger charge is -2.21. The zero-order chi connectivity index (χ0) is 12.9. The number of nitriles is 1. The van der Waals surface area contributed by atoms with Crippen molar-refractivity contribution in [2.24, 2.45) is 0 Å². The highest BCUT2D eigenvalue weighted by Gasteiger charge is 2.23. The van der Waals surface area contributed by atoms with Crippen LogP contribution in [0.15, 0.2) is 24.3 Å². The monoisotopic (exact) mass is 231 g/mol. The maximum absolute atomic E-state index is 11.7. The molecule has 0 radical (unpaired) electrons. The van der Waals surface area contributed by atoms with Crippen molar-refractivity contribution in [1.29, 1.82) is 5.26 Å². The molecule has 0 aromatic heterocycles. The number of anilines is 1. The molecule has 1 atom stereocenters. The maximum atomic E-state index is 11.7. The molecular formula is C13H17N3O. The second kappa shape index (κ2) is 5.35. The van der Waals surface area contributed by atoms with Crippen LogP contribution >= 0.6 is 0 Å². The number of nitrogens with zero attached hydrogens (tertiary/aromatic N) is 1. The van der Waals surface area contributed by atoms with E-state index in [1.807, 2.05) is 38.1 Å². The predicted molar refractivity (Wildman–Crippen MR) is 67.6 cm³/mol. The minimum atomic E-state index is -0.825. The van der Waals surface area contributed by atoms with Gasteiger partial charge in [-0.2, -0.15) is 5.26 Å². The molecule has 0 aliphatic carbocycles. The minimum Gasteiger partial charge on any atom is -0.320 e. The quantitative estimate of drug-likeness (QED) is 0.840. The van der Waals surface area contributed by atoms with Gasteiger partial charge in [-0.3, -0.25) is 0 Å². The molecule has 17 heavy (non-hydrogen) atoms.